The molecule has 2 amide bonds. The van der Waals surface area contributed by atoms with Gasteiger partial charge in [-0.2, -0.15) is 0 Å². The molecule has 2 fully saturated rings. The van der Waals surface area contributed by atoms with E-state index in [1.54, 1.807) is 11.1 Å². The van der Waals surface area contributed by atoms with E-state index < -0.39 is 23.9 Å². The summed E-state index contributed by atoms with van der Waals surface area (Å²) in [5, 5.41) is 28.2. The second kappa shape index (κ2) is 9.96. The van der Waals surface area contributed by atoms with E-state index in [-0.39, 0.29) is 22.6 Å². The summed E-state index contributed by atoms with van der Waals surface area (Å²) in [6.07, 6.45) is 1.07. The molecule has 0 aromatic rings. The fraction of sp³-hybridized carbons (Fsp3) is 0.562. The number of rotatable bonds is 5. The minimum atomic E-state index is -1.07. The molecule has 2 saturated heterocycles. The zero-order valence-electron chi connectivity index (χ0n) is 18.6. The standard InChI is InChI=1S/C16H27ClN16O2/c17-10-12(28-30-19)24-11(27-29-18)9(23-10)13(34)25-15-26-16(6-33(15)21)1-3-31(4-2-16)14(35)8-5-32(20)7-22-8/h5,11,15,22,24,26H,1-4,6-7,20-21H2,(H2,18,27)(H2,19,28)(H,25,34). The van der Waals surface area contributed by atoms with Gasteiger partial charge in [0.1, 0.15) is 18.7 Å². The Labute approximate surface area is 204 Å². The van der Waals surface area contributed by atoms with Crippen molar-refractivity contribution in [2.75, 3.05) is 26.3 Å². The van der Waals surface area contributed by atoms with Crippen molar-refractivity contribution in [3.05, 3.63) is 22.9 Å². The van der Waals surface area contributed by atoms with Gasteiger partial charge >= 0.3 is 0 Å². The molecule has 2 atom stereocenters. The summed E-state index contributed by atoms with van der Waals surface area (Å²) in [5.74, 6) is 21.4. The Kier molecular flexibility index (Phi) is 6.98. The third-order valence-corrected chi connectivity index (χ3v) is 6.30. The van der Waals surface area contributed by atoms with Gasteiger partial charge in [0, 0.05) is 31.4 Å². The zero-order chi connectivity index (χ0) is 25.2. The van der Waals surface area contributed by atoms with Crippen LogP contribution in [-0.4, -0.2) is 76.7 Å². The second-order valence-corrected chi connectivity index (χ2v) is 8.64. The number of nitrogens with one attached hydrogen (secondary N) is 4. The van der Waals surface area contributed by atoms with E-state index in [2.05, 4.69) is 46.9 Å². The number of nitrogens with zero attached hydrogens (tertiary/aromatic N) is 8. The number of amides is 2. The lowest BCUT2D eigenvalue weighted by Crippen LogP contribution is -2.59. The Bertz CT molecular complexity index is 1020. The number of aliphatic imine (C=N–C) groups is 1. The highest BCUT2D eigenvalue weighted by Crippen LogP contribution is 2.28. The molecular weight excluding hydrogens is 484 g/mol. The van der Waals surface area contributed by atoms with Crippen LogP contribution in [0.3, 0.4) is 0 Å². The molecule has 18 nitrogen and oxygen atoms in total. The van der Waals surface area contributed by atoms with Gasteiger partial charge in [-0.05, 0) is 12.8 Å². The average Bonchev–Trinajstić information content (AvgIpc) is 3.39. The molecule has 0 aromatic heterocycles. The van der Waals surface area contributed by atoms with Gasteiger partial charge in [-0.3, -0.25) is 25.8 Å². The molecule has 12 N–H and O–H groups in total. The molecule has 0 radical (unpaired) electrons. The number of carbonyl (C=O) groups is 2. The fourth-order valence-corrected chi connectivity index (χ4v) is 4.47. The van der Waals surface area contributed by atoms with Gasteiger partial charge in [-0.25, -0.2) is 15.8 Å². The molecule has 19 heteroatoms. The van der Waals surface area contributed by atoms with Crippen LogP contribution in [0.5, 0.6) is 0 Å². The summed E-state index contributed by atoms with van der Waals surface area (Å²) in [6.45, 7) is 1.87. The molecule has 190 valence electrons. The minimum absolute atomic E-state index is 0.00515. The summed E-state index contributed by atoms with van der Waals surface area (Å²) >= 11 is 6.06. The largest absolute Gasteiger partial charge is 0.361 e. The second-order valence-electron chi connectivity index (χ2n) is 8.29. The van der Waals surface area contributed by atoms with Crippen LogP contribution in [0.25, 0.3) is 0 Å². The van der Waals surface area contributed by atoms with Crippen LogP contribution in [0, 0.1) is 0 Å². The van der Waals surface area contributed by atoms with Crippen LogP contribution in [0.2, 0.25) is 0 Å². The SMILES string of the molecule is NN=NC1=C(Cl)N=C(C(=O)NC2NC3(CCN(C(=O)C4=CN(N)CN4)CC3)CN2N)C(N=NN)N1. The van der Waals surface area contributed by atoms with Crippen molar-refractivity contribution in [1.82, 2.24) is 36.2 Å². The van der Waals surface area contributed by atoms with Crippen LogP contribution in [0.1, 0.15) is 12.8 Å². The highest BCUT2D eigenvalue weighted by molar-refractivity contribution is 6.43. The number of hydrogen-bond acceptors (Lipinski definition) is 14. The number of piperidine rings is 1. The van der Waals surface area contributed by atoms with Crippen LogP contribution in [-0.2, 0) is 9.59 Å². The van der Waals surface area contributed by atoms with E-state index in [1.807, 2.05) is 0 Å². The van der Waals surface area contributed by atoms with Gasteiger partial charge in [0.15, 0.2) is 22.9 Å². The number of nitrogens with two attached hydrogens (primary N) is 4. The van der Waals surface area contributed by atoms with Gasteiger partial charge < -0.3 is 32.5 Å². The van der Waals surface area contributed by atoms with E-state index in [4.69, 9.17) is 35.0 Å². The van der Waals surface area contributed by atoms with E-state index in [9.17, 15) is 9.59 Å². The Morgan fingerprint density at radius 3 is 2.60 bits per heavy atom. The summed E-state index contributed by atoms with van der Waals surface area (Å²) in [5.41, 5.74) is -0.0397. The van der Waals surface area contributed by atoms with Crippen LogP contribution < -0.4 is 44.6 Å². The molecule has 2 unspecified atom stereocenters. The number of likely N-dealkylation sites (tertiary alicyclic amines) is 1. The van der Waals surface area contributed by atoms with Gasteiger partial charge in [0.2, 0.25) is 0 Å². The summed E-state index contributed by atoms with van der Waals surface area (Å²) in [7, 11) is 0. The van der Waals surface area contributed by atoms with Crippen molar-refractivity contribution >= 4 is 29.1 Å². The summed E-state index contributed by atoms with van der Waals surface area (Å²) < 4.78 is 0. The number of hydrazine groups is 2. The maximum absolute atomic E-state index is 13.0. The van der Waals surface area contributed by atoms with E-state index in [1.165, 1.54) is 10.0 Å². The monoisotopic (exact) mass is 510 g/mol. The van der Waals surface area contributed by atoms with Crippen LogP contribution in [0.15, 0.2) is 48.5 Å². The zero-order valence-corrected chi connectivity index (χ0v) is 19.3. The molecule has 4 aliphatic rings. The first kappa shape index (κ1) is 24.5. The van der Waals surface area contributed by atoms with Crippen molar-refractivity contribution in [2.45, 2.75) is 30.8 Å². The Hall–Kier alpha value is -3.58. The van der Waals surface area contributed by atoms with Gasteiger partial charge in [0.25, 0.3) is 11.8 Å². The van der Waals surface area contributed by atoms with E-state index in [0.29, 0.717) is 44.8 Å². The third-order valence-electron chi connectivity index (χ3n) is 6.03. The molecule has 4 rings (SSSR count). The lowest BCUT2D eigenvalue weighted by Gasteiger charge is -2.39. The quantitative estimate of drug-likeness (QED) is 0.0777. The predicted molar refractivity (Wildman–Crippen MR) is 122 cm³/mol. The summed E-state index contributed by atoms with van der Waals surface area (Å²) in [4.78, 5) is 31.5. The molecule has 0 aliphatic carbocycles. The highest BCUT2D eigenvalue weighted by Gasteiger charge is 2.46. The van der Waals surface area contributed by atoms with Crippen molar-refractivity contribution < 1.29 is 9.59 Å². The molecule has 35 heavy (non-hydrogen) atoms. The van der Waals surface area contributed by atoms with Crippen molar-refractivity contribution in [3.63, 3.8) is 0 Å². The fourth-order valence-electron chi connectivity index (χ4n) is 4.28. The lowest BCUT2D eigenvalue weighted by molar-refractivity contribution is -0.129. The van der Waals surface area contributed by atoms with Crippen molar-refractivity contribution in [2.24, 2.45) is 49.0 Å². The number of carbonyl (C=O) groups excluding carboxylic acids is 2. The molecule has 4 aliphatic heterocycles. The van der Waals surface area contributed by atoms with Crippen molar-refractivity contribution in [1.29, 1.82) is 0 Å². The lowest BCUT2D eigenvalue weighted by atomic mass is 9.88. The van der Waals surface area contributed by atoms with E-state index >= 15 is 0 Å². The topological polar surface area (TPSA) is 258 Å². The Balaban J connectivity index is 1.39. The van der Waals surface area contributed by atoms with Gasteiger partial charge in [0.05, 0.1) is 0 Å². The highest BCUT2D eigenvalue weighted by atomic mass is 35.5. The molecule has 0 saturated carbocycles. The average molecular weight is 511 g/mol. The minimum Gasteiger partial charge on any atom is -0.361 e. The Morgan fingerprint density at radius 1 is 1.23 bits per heavy atom. The normalized spacial score (nSPS) is 26.8. The van der Waals surface area contributed by atoms with Gasteiger partial charge in [-0.15, -0.1) is 10.2 Å². The van der Waals surface area contributed by atoms with Crippen molar-refractivity contribution in [3.8, 4) is 0 Å². The first-order valence-corrected chi connectivity index (χ1v) is 10.9. The first-order valence-electron chi connectivity index (χ1n) is 10.6. The Morgan fingerprint density at radius 2 is 1.97 bits per heavy atom. The molecule has 1 spiro atoms. The predicted octanol–water partition coefficient (Wildman–Crippen LogP) is -3.51. The van der Waals surface area contributed by atoms with Crippen LogP contribution in [0.4, 0.5) is 0 Å². The number of halogens is 1. The van der Waals surface area contributed by atoms with Crippen LogP contribution >= 0.6 is 11.6 Å². The third kappa shape index (κ3) is 5.10. The molecule has 0 bridgehead atoms. The van der Waals surface area contributed by atoms with Gasteiger partial charge in [-0.1, -0.05) is 22.0 Å². The maximum Gasteiger partial charge on any atom is 0.272 e. The summed E-state index contributed by atoms with van der Waals surface area (Å²) in [6, 6.07) is 0. The molecular formula is C16H27ClN16O2. The van der Waals surface area contributed by atoms with E-state index in [0.717, 1.165) is 0 Å². The smallest absolute Gasteiger partial charge is 0.272 e. The maximum atomic E-state index is 13.0. The number of hydrogen-bond donors (Lipinski definition) is 8. The molecule has 4 heterocycles. The first-order chi connectivity index (χ1) is 16.7. The molecule has 0 aromatic carbocycles.